The summed E-state index contributed by atoms with van der Waals surface area (Å²) in [6.45, 7) is 0.644. The van der Waals surface area contributed by atoms with E-state index in [-0.39, 0.29) is 25.3 Å². The number of hydrogen-bond acceptors (Lipinski definition) is 5. The number of nitrogens with one attached hydrogen (secondary N) is 1. The van der Waals surface area contributed by atoms with Crippen LogP contribution in [0, 0.1) is 0 Å². The molecule has 0 radical (unpaired) electrons. The fraction of sp³-hybridized carbons (Fsp3) is 0.333. The number of aliphatic hydroxyl groups is 1. The van der Waals surface area contributed by atoms with Crippen molar-refractivity contribution in [3.8, 4) is 11.5 Å². The van der Waals surface area contributed by atoms with Gasteiger partial charge in [0, 0.05) is 7.05 Å². The van der Waals surface area contributed by atoms with E-state index < -0.39 is 17.6 Å². The van der Waals surface area contributed by atoms with Crippen LogP contribution >= 0.6 is 0 Å². The standard InChI is InChI=1S/C15H18N2O5/c1-17-9-12(13(18)15(17)20)14(19)16-7-8-22-11-5-3-10(21-2)4-6-11/h3-6,18H,7-9H2,1-2H3,(H,16,19). The molecule has 0 unspecified atom stereocenters. The maximum absolute atomic E-state index is 11.9. The highest BCUT2D eigenvalue weighted by Crippen LogP contribution is 2.17. The van der Waals surface area contributed by atoms with Gasteiger partial charge in [-0.05, 0) is 24.3 Å². The molecule has 0 saturated heterocycles. The lowest BCUT2D eigenvalue weighted by atomic mass is 10.2. The van der Waals surface area contributed by atoms with Gasteiger partial charge in [-0.15, -0.1) is 0 Å². The number of rotatable bonds is 6. The molecular weight excluding hydrogens is 288 g/mol. The van der Waals surface area contributed by atoms with E-state index >= 15 is 0 Å². The van der Waals surface area contributed by atoms with Crippen molar-refractivity contribution in [2.45, 2.75) is 0 Å². The van der Waals surface area contributed by atoms with Crippen LogP contribution in [0.3, 0.4) is 0 Å². The van der Waals surface area contributed by atoms with Gasteiger partial charge in [0.25, 0.3) is 11.8 Å². The van der Waals surface area contributed by atoms with Gasteiger partial charge < -0.3 is 24.8 Å². The molecule has 2 rings (SSSR count). The van der Waals surface area contributed by atoms with Gasteiger partial charge in [-0.1, -0.05) is 0 Å². The zero-order valence-corrected chi connectivity index (χ0v) is 12.5. The lowest BCUT2D eigenvalue weighted by molar-refractivity contribution is -0.126. The van der Waals surface area contributed by atoms with Crippen molar-refractivity contribution in [1.82, 2.24) is 10.2 Å². The van der Waals surface area contributed by atoms with Crippen molar-refractivity contribution >= 4 is 11.8 Å². The Bertz CT molecular complexity index is 594. The molecule has 0 atom stereocenters. The molecule has 7 nitrogen and oxygen atoms in total. The number of amides is 2. The number of likely N-dealkylation sites (N-methyl/N-ethyl adjacent to an activating group) is 1. The molecule has 0 aromatic heterocycles. The number of hydrogen-bond donors (Lipinski definition) is 2. The van der Waals surface area contributed by atoms with Crippen LogP contribution in [-0.4, -0.2) is 55.7 Å². The summed E-state index contributed by atoms with van der Waals surface area (Å²) >= 11 is 0. The van der Waals surface area contributed by atoms with E-state index in [1.54, 1.807) is 31.4 Å². The van der Waals surface area contributed by atoms with Crippen LogP contribution in [0.5, 0.6) is 11.5 Å². The third-order valence-corrected chi connectivity index (χ3v) is 3.22. The summed E-state index contributed by atoms with van der Waals surface area (Å²) < 4.78 is 10.5. The molecule has 0 aliphatic carbocycles. The van der Waals surface area contributed by atoms with Crippen LogP contribution in [0.25, 0.3) is 0 Å². The molecule has 1 aliphatic rings. The summed E-state index contributed by atoms with van der Waals surface area (Å²) in [5, 5.41) is 12.2. The molecule has 7 heteroatoms. The molecule has 2 amide bonds. The van der Waals surface area contributed by atoms with Gasteiger partial charge in [0.05, 0.1) is 25.8 Å². The maximum Gasteiger partial charge on any atom is 0.289 e. The minimum Gasteiger partial charge on any atom is -0.503 e. The van der Waals surface area contributed by atoms with E-state index in [9.17, 15) is 14.7 Å². The molecular formula is C15H18N2O5. The highest BCUT2D eigenvalue weighted by atomic mass is 16.5. The number of carbonyl (C=O) groups excluding carboxylic acids is 2. The van der Waals surface area contributed by atoms with Gasteiger partial charge in [0.1, 0.15) is 18.1 Å². The SMILES string of the molecule is COc1ccc(OCCNC(=O)C2=C(O)C(=O)N(C)C2)cc1. The Morgan fingerprint density at radius 1 is 1.32 bits per heavy atom. The van der Waals surface area contributed by atoms with Crippen LogP contribution in [0.1, 0.15) is 0 Å². The third kappa shape index (κ3) is 3.49. The molecule has 118 valence electrons. The Labute approximate surface area is 128 Å². The largest absolute Gasteiger partial charge is 0.503 e. The first-order chi connectivity index (χ1) is 10.5. The molecule has 0 saturated carbocycles. The quantitative estimate of drug-likeness (QED) is 0.746. The Morgan fingerprint density at radius 2 is 1.95 bits per heavy atom. The van der Waals surface area contributed by atoms with E-state index in [2.05, 4.69) is 5.32 Å². The number of aliphatic hydroxyl groups excluding tert-OH is 1. The minimum absolute atomic E-state index is 0.0805. The lowest BCUT2D eigenvalue weighted by Crippen LogP contribution is -2.31. The fourth-order valence-electron chi connectivity index (χ4n) is 1.99. The smallest absolute Gasteiger partial charge is 0.289 e. The van der Waals surface area contributed by atoms with Gasteiger partial charge in [0.15, 0.2) is 5.76 Å². The second kappa shape index (κ2) is 6.84. The van der Waals surface area contributed by atoms with E-state index in [4.69, 9.17) is 9.47 Å². The average molecular weight is 306 g/mol. The molecule has 1 aromatic rings. The van der Waals surface area contributed by atoms with E-state index in [0.717, 1.165) is 5.75 Å². The third-order valence-electron chi connectivity index (χ3n) is 3.22. The van der Waals surface area contributed by atoms with Gasteiger partial charge in [-0.25, -0.2) is 0 Å². The van der Waals surface area contributed by atoms with E-state index in [1.807, 2.05) is 0 Å². The predicted octanol–water partition coefficient (Wildman–Crippen LogP) is 0.474. The maximum atomic E-state index is 11.9. The van der Waals surface area contributed by atoms with Gasteiger partial charge in [-0.2, -0.15) is 0 Å². The number of nitrogens with zero attached hydrogens (tertiary/aromatic N) is 1. The second-order valence-electron chi connectivity index (χ2n) is 4.77. The van der Waals surface area contributed by atoms with Crippen molar-refractivity contribution in [2.75, 3.05) is 33.9 Å². The van der Waals surface area contributed by atoms with E-state index in [0.29, 0.717) is 5.75 Å². The number of benzene rings is 1. The van der Waals surface area contributed by atoms with Crippen LogP contribution in [0.2, 0.25) is 0 Å². The van der Waals surface area contributed by atoms with Crippen molar-refractivity contribution in [1.29, 1.82) is 0 Å². The van der Waals surface area contributed by atoms with E-state index in [1.165, 1.54) is 11.9 Å². The summed E-state index contributed by atoms with van der Waals surface area (Å²) in [6.07, 6.45) is 0. The summed E-state index contributed by atoms with van der Waals surface area (Å²) in [5.41, 5.74) is 0.0805. The Hall–Kier alpha value is -2.70. The van der Waals surface area contributed by atoms with Crippen LogP contribution in [-0.2, 0) is 9.59 Å². The summed E-state index contributed by atoms with van der Waals surface area (Å²) in [5.74, 6) is -0.102. The Morgan fingerprint density at radius 3 is 2.50 bits per heavy atom. The predicted molar refractivity (Wildman–Crippen MR) is 78.8 cm³/mol. The van der Waals surface area contributed by atoms with Crippen molar-refractivity contribution in [3.63, 3.8) is 0 Å². The highest BCUT2D eigenvalue weighted by Gasteiger charge is 2.31. The number of carbonyl (C=O) groups is 2. The summed E-state index contributed by atoms with van der Waals surface area (Å²) in [4.78, 5) is 24.5. The zero-order chi connectivity index (χ0) is 16.1. The molecule has 22 heavy (non-hydrogen) atoms. The first-order valence-electron chi connectivity index (χ1n) is 6.75. The van der Waals surface area contributed by atoms with Crippen LogP contribution < -0.4 is 14.8 Å². The van der Waals surface area contributed by atoms with Crippen LogP contribution in [0.15, 0.2) is 35.6 Å². The molecule has 2 N–H and O–H groups in total. The van der Waals surface area contributed by atoms with Gasteiger partial charge >= 0.3 is 0 Å². The van der Waals surface area contributed by atoms with Crippen LogP contribution in [0.4, 0.5) is 0 Å². The van der Waals surface area contributed by atoms with Crippen molar-refractivity contribution in [2.24, 2.45) is 0 Å². The normalized spacial score (nSPS) is 14.3. The molecule has 1 heterocycles. The molecule has 0 spiro atoms. The zero-order valence-electron chi connectivity index (χ0n) is 12.5. The van der Waals surface area contributed by atoms with Gasteiger partial charge in [-0.3, -0.25) is 9.59 Å². The Balaban J connectivity index is 1.77. The highest BCUT2D eigenvalue weighted by molar-refractivity contribution is 6.06. The van der Waals surface area contributed by atoms with Crippen molar-refractivity contribution < 1.29 is 24.2 Å². The van der Waals surface area contributed by atoms with Crippen molar-refractivity contribution in [3.05, 3.63) is 35.6 Å². The lowest BCUT2D eigenvalue weighted by Gasteiger charge is -2.09. The summed E-state index contributed by atoms with van der Waals surface area (Å²) in [7, 11) is 3.10. The molecule has 1 aromatic carbocycles. The minimum atomic E-state index is -0.542. The second-order valence-corrected chi connectivity index (χ2v) is 4.77. The first-order valence-corrected chi connectivity index (χ1v) is 6.75. The number of methoxy groups -OCH3 is 1. The first kappa shape index (κ1) is 15.7. The van der Waals surface area contributed by atoms with Gasteiger partial charge in [0.2, 0.25) is 0 Å². The topological polar surface area (TPSA) is 88.1 Å². The number of ether oxygens (including phenoxy) is 2. The monoisotopic (exact) mass is 306 g/mol. The summed E-state index contributed by atoms with van der Waals surface area (Å²) in [6, 6.07) is 7.08. The molecule has 1 aliphatic heterocycles. The Kier molecular flexibility index (Phi) is 4.88. The molecule has 0 bridgehead atoms. The fourth-order valence-corrected chi connectivity index (χ4v) is 1.99. The molecule has 0 fully saturated rings. The average Bonchev–Trinajstić information content (AvgIpc) is 2.79.